The third kappa shape index (κ3) is 3.50. The second-order valence-electron chi connectivity index (χ2n) is 2.85. The molecule has 2 nitrogen and oxygen atoms in total. The van der Waals surface area contributed by atoms with Crippen molar-refractivity contribution < 1.29 is 25.5 Å². The van der Waals surface area contributed by atoms with Gasteiger partial charge in [0.05, 0.1) is 5.75 Å². The third-order valence-electron chi connectivity index (χ3n) is 1.70. The minimum absolute atomic E-state index is 0.287. The van der Waals surface area contributed by atoms with Crippen molar-refractivity contribution in [2.75, 3.05) is 5.75 Å². The summed E-state index contributed by atoms with van der Waals surface area (Å²) in [4.78, 5) is 0. The lowest BCUT2D eigenvalue weighted by Gasteiger charge is -2.02. The molecule has 0 unspecified atom stereocenters. The molecule has 0 radical (unpaired) electrons. The molecule has 0 bridgehead atoms. The highest BCUT2D eigenvalue weighted by molar-refractivity contribution is 7.86. The molecule has 0 N–H and O–H groups in total. The molecule has 84 valence electrons. The number of benzene rings is 1. The molecule has 0 atom stereocenters. The van der Waals surface area contributed by atoms with E-state index in [4.69, 9.17) is 0 Å². The molecule has 0 saturated carbocycles. The fourth-order valence-corrected chi connectivity index (χ4v) is 1.45. The largest absolute Gasteiger partial charge is 0.302 e. The van der Waals surface area contributed by atoms with Crippen molar-refractivity contribution in [1.29, 1.82) is 0 Å². The van der Waals surface area contributed by atoms with E-state index in [-0.39, 0.29) is 11.6 Å². The SMILES string of the molecule is O=S(=O)(F)CCc1cc(F)c(F)cc1F. The van der Waals surface area contributed by atoms with Crippen LogP contribution in [0.25, 0.3) is 0 Å². The van der Waals surface area contributed by atoms with E-state index < -0.39 is 39.8 Å². The minimum atomic E-state index is -4.74. The van der Waals surface area contributed by atoms with Crippen LogP contribution in [0.4, 0.5) is 17.1 Å². The molecule has 0 aliphatic heterocycles. The minimum Gasteiger partial charge on any atom is -0.207 e. The van der Waals surface area contributed by atoms with E-state index in [1.54, 1.807) is 0 Å². The molecule has 0 saturated heterocycles. The van der Waals surface area contributed by atoms with Crippen molar-refractivity contribution in [3.63, 3.8) is 0 Å². The van der Waals surface area contributed by atoms with Gasteiger partial charge in [-0.25, -0.2) is 13.2 Å². The summed E-state index contributed by atoms with van der Waals surface area (Å²) in [7, 11) is -4.74. The zero-order chi connectivity index (χ0) is 11.6. The second kappa shape index (κ2) is 4.18. The first kappa shape index (κ1) is 12.0. The lowest BCUT2D eigenvalue weighted by atomic mass is 10.1. The quantitative estimate of drug-likeness (QED) is 0.461. The fraction of sp³-hybridized carbons (Fsp3) is 0.250. The third-order valence-corrected chi connectivity index (χ3v) is 2.40. The van der Waals surface area contributed by atoms with E-state index in [2.05, 4.69) is 0 Å². The van der Waals surface area contributed by atoms with Gasteiger partial charge in [0.25, 0.3) is 0 Å². The molecule has 1 aromatic carbocycles. The van der Waals surface area contributed by atoms with Crippen LogP contribution in [0, 0.1) is 17.5 Å². The smallest absolute Gasteiger partial charge is 0.207 e. The maximum atomic E-state index is 12.9. The van der Waals surface area contributed by atoms with Gasteiger partial charge in [-0.1, -0.05) is 0 Å². The van der Waals surface area contributed by atoms with Gasteiger partial charge in [-0.3, -0.25) is 0 Å². The Hall–Kier alpha value is -1.11. The van der Waals surface area contributed by atoms with Crippen molar-refractivity contribution in [1.82, 2.24) is 0 Å². The number of hydrogen-bond donors (Lipinski definition) is 0. The van der Waals surface area contributed by atoms with Gasteiger partial charge in [0.1, 0.15) is 5.82 Å². The summed E-state index contributed by atoms with van der Waals surface area (Å²) in [6, 6.07) is 0.797. The molecule has 1 rings (SSSR count). The lowest BCUT2D eigenvalue weighted by molar-refractivity contribution is 0.490. The van der Waals surface area contributed by atoms with E-state index in [0.717, 1.165) is 0 Å². The van der Waals surface area contributed by atoms with Crippen molar-refractivity contribution in [3.05, 3.63) is 35.1 Å². The molecule has 0 aromatic heterocycles. The topological polar surface area (TPSA) is 34.1 Å². The number of rotatable bonds is 3. The van der Waals surface area contributed by atoms with Crippen molar-refractivity contribution in [2.45, 2.75) is 6.42 Å². The summed E-state index contributed by atoms with van der Waals surface area (Å²) < 4.78 is 70.2. The Morgan fingerprint density at radius 2 is 1.53 bits per heavy atom. The van der Waals surface area contributed by atoms with Crippen LogP contribution >= 0.6 is 0 Å². The van der Waals surface area contributed by atoms with E-state index in [0.29, 0.717) is 6.07 Å². The van der Waals surface area contributed by atoms with Gasteiger partial charge in [-0.15, -0.1) is 3.89 Å². The van der Waals surface area contributed by atoms with Gasteiger partial charge in [0.15, 0.2) is 11.6 Å². The predicted molar refractivity (Wildman–Crippen MR) is 44.9 cm³/mol. The first-order valence-electron chi connectivity index (χ1n) is 3.85. The van der Waals surface area contributed by atoms with Gasteiger partial charge in [0.2, 0.25) is 0 Å². The summed E-state index contributed by atoms with van der Waals surface area (Å²) in [5.74, 6) is -4.74. The van der Waals surface area contributed by atoms with Crippen LogP contribution in [0.2, 0.25) is 0 Å². The van der Waals surface area contributed by atoms with Crippen LogP contribution in [0.1, 0.15) is 5.56 Å². The molecule has 0 aliphatic carbocycles. The van der Waals surface area contributed by atoms with Crippen LogP contribution in [0.5, 0.6) is 0 Å². The van der Waals surface area contributed by atoms with Crippen LogP contribution in [0.15, 0.2) is 12.1 Å². The highest BCUT2D eigenvalue weighted by Crippen LogP contribution is 2.14. The van der Waals surface area contributed by atoms with Crippen LogP contribution in [0.3, 0.4) is 0 Å². The number of hydrogen-bond acceptors (Lipinski definition) is 2. The Labute approximate surface area is 83.7 Å². The van der Waals surface area contributed by atoms with E-state index >= 15 is 0 Å². The molecular formula is C8H6F4O2S. The second-order valence-corrected chi connectivity index (χ2v) is 4.34. The zero-order valence-electron chi connectivity index (χ0n) is 7.31. The molecule has 1 aromatic rings. The summed E-state index contributed by atoms with van der Waals surface area (Å²) in [5, 5.41) is 0. The summed E-state index contributed by atoms with van der Waals surface area (Å²) in [6.07, 6.45) is -0.540. The van der Waals surface area contributed by atoms with E-state index in [1.807, 2.05) is 0 Å². The fourth-order valence-electron chi connectivity index (χ4n) is 0.987. The average Bonchev–Trinajstić information content (AvgIpc) is 2.07. The Morgan fingerprint density at radius 3 is 2.07 bits per heavy atom. The Kier molecular flexibility index (Phi) is 3.33. The van der Waals surface area contributed by atoms with Gasteiger partial charge in [-0.2, -0.15) is 8.42 Å². The molecular weight excluding hydrogens is 236 g/mol. The van der Waals surface area contributed by atoms with Crippen molar-refractivity contribution in [3.8, 4) is 0 Å². The van der Waals surface area contributed by atoms with E-state index in [1.165, 1.54) is 0 Å². The van der Waals surface area contributed by atoms with Crippen LogP contribution < -0.4 is 0 Å². The van der Waals surface area contributed by atoms with Gasteiger partial charge < -0.3 is 0 Å². The Morgan fingerprint density at radius 1 is 1.00 bits per heavy atom. The Balaban J connectivity index is 2.91. The normalized spacial score (nSPS) is 11.7. The predicted octanol–water partition coefficient (Wildman–Crippen LogP) is 1.95. The standard InChI is InChI=1S/C8H6F4O2S/c9-6-4-8(11)7(10)3-5(6)1-2-15(12,13)14/h3-4H,1-2H2. The lowest BCUT2D eigenvalue weighted by Crippen LogP contribution is -2.05. The monoisotopic (exact) mass is 242 g/mol. The van der Waals surface area contributed by atoms with E-state index in [9.17, 15) is 25.5 Å². The highest BCUT2D eigenvalue weighted by atomic mass is 32.3. The molecule has 0 spiro atoms. The van der Waals surface area contributed by atoms with Gasteiger partial charge in [-0.05, 0) is 18.1 Å². The van der Waals surface area contributed by atoms with Gasteiger partial charge >= 0.3 is 10.2 Å². The van der Waals surface area contributed by atoms with Crippen LogP contribution in [-0.2, 0) is 16.6 Å². The van der Waals surface area contributed by atoms with Crippen LogP contribution in [-0.4, -0.2) is 14.2 Å². The molecule has 15 heavy (non-hydrogen) atoms. The maximum absolute atomic E-state index is 12.9. The van der Waals surface area contributed by atoms with Crippen molar-refractivity contribution in [2.24, 2.45) is 0 Å². The highest BCUT2D eigenvalue weighted by Gasteiger charge is 2.13. The number of aryl methyl sites for hydroxylation is 1. The number of halogens is 4. The molecule has 0 fully saturated rings. The summed E-state index contributed by atoms with van der Waals surface area (Å²) in [6.45, 7) is 0. The van der Waals surface area contributed by atoms with Gasteiger partial charge in [0, 0.05) is 6.07 Å². The Bertz CT molecular complexity index is 470. The van der Waals surface area contributed by atoms with Crippen molar-refractivity contribution >= 4 is 10.2 Å². The summed E-state index contributed by atoms with van der Waals surface area (Å²) in [5.41, 5.74) is -0.380. The molecule has 7 heteroatoms. The first-order chi connectivity index (χ1) is 6.79. The average molecular weight is 242 g/mol. The molecule has 0 aliphatic rings. The molecule has 0 amide bonds. The zero-order valence-corrected chi connectivity index (χ0v) is 8.12. The first-order valence-corrected chi connectivity index (χ1v) is 5.40. The molecule has 0 heterocycles. The maximum Gasteiger partial charge on any atom is 0.302 e. The summed E-state index contributed by atoms with van der Waals surface area (Å²) >= 11 is 0.